The van der Waals surface area contributed by atoms with Gasteiger partial charge in [-0.3, -0.25) is 4.79 Å². The summed E-state index contributed by atoms with van der Waals surface area (Å²) in [6.07, 6.45) is 15.7. The van der Waals surface area contributed by atoms with Gasteiger partial charge in [-0.15, -0.1) is 0 Å². The first kappa shape index (κ1) is 17.7. The average Bonchev–Trinajstić information content (AvgIpc) is 2.50. The molecule has 0 spiro atoms. The number of aliphatic hydroxyl groups is 1. The maximum atomic E-state index is 12.0. The SMILES string of the molecule is CCCCCCCCCCC(=O)C(O)C1CCCCC1. The fourth-order valence-corrected chi connectivity index (χ4v) is 3.29. The topological polar surface area (TPSA) is 37.3 Å². The van der Waals surface area contributed by atoms with E-state index in [1.165, 1.54) is 57.8 Å². The molecule has 0 aromatic rings. The summed E-state index contributed by atoms with van der Waals surface area (Å²) in [5.74, 6) is 0.355. The van der Waals surface area contributed by atoms with E-state index in [1.807, 2.05) is 0 Å². The van der Waals surface area contributed by atoms with E-state index in [0.29, 0.717) is 6.42 Å². The highest BCUT2D eigenvalue weighted by Crippen LogP contribution is 2.27. The van der Waals surface area contributed by atoms with Gasteiger partial charge in [0, 0.05) is 6.42 Å². The van der Waals surface area contributed by atoms with Crippen LogP contribution in [0.3, 0.4) is 0 Å². The summed E-state index contributed by atoms with van der Waals surface area (Å²) in [6, 6.07) is 0. The van der Waals surface area contributed by atoms with Crippen molar-refractivity contribution in [3.63, 3.8) is 0 Å². The van der Waals surface area contributed by atoms with Crippen molar-refractivity contribution in [2.75, 3.05) is 0 Å². The Morgan fingerprint density at radius 3 is 2.10 bits per heavy atom. The Labute approximate surface area is 125 Å². The Morgan fingerprint density at radius 1 is 0.950 bits per heavy atom. The number of carbonyl (C=O) groups excluding carboxylic acids is 1. The van der Waals surface area contributed by atoms with Crippen molar-refractivity contribution in [3.05, 3.63) is 0 Å². The number of unbranched alkanes of at least 4 members (excludes halogenated alkanes) is 7. The van der Waals surface area contributed by atoms with Crippen molar-refractivity contribution in [3.8, 4) is 0 Å². The van der Waals surface area contributed by atoms with Gasteiger partial charge in [-0.1, -0.05) is 71.1 Å². The van der Waals surface area contributed by atoms with E-state index >= 15 is 0 Å². The van der Waals surface area contributed by atoms with Crippen LogP contribution < -0.4 is 0 Å². The molecule has 1 aliphatic carbocycles. The van der Waals surface area contributed by atoms with E-state index in [-0.39, 0.29) is 11.7 Å². The van der Waals surface area contributed by atoms with Crippen molar-refractivity contribution in [1.82, 2.24) is 0 Å². The van der Waals surface area contributed by atoms with E-state index in [1.54, 1.807) is 0 Å². The Balaban J connectivity index is 1.99. The molecule has 1 fully saturated rings. The quantitative estimate of drug-likeness (QED) is 0.540. The molecule has 1 rings (SSSR count). The minimum atomic E-state index is -0.667. The second-order valence-corrected chi connectivity index (χ2v) is 6.53. The average molecular weight is 282 g/mol. The van der Waals surface area contributed by atoms with Crippen LogP contribution in [-0.4, -0.2) is 17.0 Å². The Kier molecular flexibility index (Phi) is 10.00. The van der Waals surface area contributed by atoms with Crippen LogP contribution in [0.4, 0.5) is 0 Å². The van der Waals surface area contributed by atoms with Gasteiger partial charge in [0.05, 0.1) is 0 Å². The summed E-state index contributed by atoms with van der Waals surface area (Å²) in [7, 11) is 0. The van der Waals surface area contributed by atoms with Crippen LogP contribution >= 0.6 is 0 Å². The fourth-order valence-electron chi connectivity index (χ4n) is 3.29. The number of hydrogen-bond donors (Lipinski definition) is 1. The molecule has 1 unspecified atom stereocenters. The molecule has 118 valence electrons. The van der Waals surface area contributed by atoms with Crippen molar-refractivity contribution in [1.29, 1.82) is 0 Å². The lowest BCUT2D eigenvalue weighted by Gasteiger charge is -2.25. The molecule has 2 nitrogen and oxygen atoms in total. The second-order valence-electron chi connectivity index (χ2n) is 6.53. The molecule has 0 aliphatic heterocycles. The molecule has 0 bridgehead atoms. The number of hydrogen-bond acceptors (Lipinski definition) is 2. The van der Waals surface area contributed by atoms with Crippen LogP contribution in [-0.2, 0) is 4.79 Å². The zero-order chi connectivity index (χ0) is 14.6. The van der Waals surface area contributed by atoms with Crippen molar-refractivity contribution < 1.29 is 9.90 Å². The molecule has 0 radical (unpaired) electrons. The number of Topliss-reactive ketones (excluding diaryl/α,β-unsaturated/α-hetero) is 1. The molecule has 2 heteroatoms. The zero-order valence-electron chi connectivity index (χ0n) is 13.4. The van der Waals surface area contributed by atoms with E-state index in [4.69, 9.17) is 0 Å². The normalized spacial score (nSPS) is 18.1. The van der Waals surface area contributed by atoms with Gasteiger partial charge < -0.3 is 5.11 Å². The van der Waals surface area contributed by atoms with Crippen LogP contribution in [0.1, 0.15) is 96.8 Å². The van der Waals surface area contributed by atoms with Gasteiger partial charge in [-0.25, -0.2) is 0 Å². The van der Waals surface area contributed by atoms with Gasteiger partial charge in [0.15, 0.2) is 5.78 Å². The third-order valence-corrected chi connectivity index (χ3v) is 4.70. The van der Waals surface area contributed by atoms with Crippen LogP contribution in [0.2, 0.25) is 0 Å². The molecule has 1 atom stereocenters. The zero-order valence-corrected chi connectivity index (χ0v) is 13.4. The summed E-state index contributed by atoms with van der Waals surface area (Å²) in [5, 5.41) is 10.1. The predicted molar refractivity (Wildman–Crippen MR) is 84.8 cm³/mol. The number of aliphatic hydroxyl groups excluding tert-OH is 1. The molecule has 1 N–H and O–H groups in total. The highest BCUT2D eigenvalue weighted by atomic mass is 16.3. The van der Waals surface area contributed by atoms with E-state index < -0.39 is 6.10 Å². The number of rotatable bonds is 11. The van der Waals surface area contributed by atoms with Crippen LogP contribution in [0.5, 0.6) is 0 Å². The molecule has 0 aromatic heterocycles. The summed E-state index contributed by atoms with van der Waals surface area (Å²) in [5.41, 5.74) is 0. The maximum Gasteiger partial charge on any atom is 0.161 e. The first-order valence-electron chi connectivity index (χ1n) is 8.96. The summed E-state index contributed by atoms with van der Waals surface area (Å²) in [6.45, 7) is 2.24. The molecule has 20 heavy (non-hydrogen) atoms. The van der Waals surface area contributed by atoms with E-state index in [9.17, 15) is 9.90 Å². The van der Waals surface area contributed by atoms with Crippen LogP contribution in [0, 0.1) is 5.92 Å². The molecular weight excluding hydrogens is 248 g/mol. The molecule has 1 saturated carbocycles. The van der Waals surface area contributed by atoms with E-state index in [2.05, 4.69) is 6.92 Å². The minimum Gasteiger partial charge on any atom is -0.385 e. The fraction of sp³-hybridized carbons (Fsp3) is 0.944. The molecule has 0 aromatic carbocycles. The molecular formula is C18H34O2. The molecule has 0 saturated heterocycles. The highest BCUT2D eigenvalue weighted by molar-refractivity contribution is 5.83. The molecule has 0 heterocycles. The monoisotopic (exact) mass is 282 g/mol. The Hall–Kier alpha value is -0.370. The smallest absolute Gasteiger partial charge is 0.161 e. The standard InChI is InChI=1S/C18H34O2/c1-2-3-4-5-6-7-8-12-15-17(19)18(20)16-13-10-9-11-14-16/h16,18,20H,2-15H2,1H3. The van der Waals surface area contributed by atoms with Crippen LogP contribution in [0.25, 0.3) is 0 Å². The van der Waals surface area contributed by atoms with E-state index in [0.717, 1.165) is 25.7 Å². The lowest BCUT2D eigenvalue weighted by Crippen LogP contribution is -2.30. The third-order valence-electron chi connectivity index (χ3n) is 4.70. The Bertz CT molecular complexity index is 244. The Morgan fingerprint density at radius 2 is 1.50 bits per heavy atom. The van der Waals surface area contributed by atoms with Gasteiger partial charge >= 0.3 is 0 Å². The lowest BCUT2D eigenvalue weighted by atomic mass is 9.83. The summed E-state index contributed by atoms with van der Waals surface area (Å²) < 4.78 is 0. The first-order valence-corrected chi connectivity index (χ1v) is 8.96. The highest BCUT2D eigenvalue weighted by Gasteiger charge is 2.26. The molecule has 0 amide bonds. The third kappa shape index (κ3) is 7.42. The van der Waals surface area contributed by atoms with Crippen LogP contribution in [0.15, 0.2) is 0 Å². The number of ketones is 1. The number of carbonyl (C=O) groups is 1. The van der Waals surface area contributed by atoms with Gasteiger partial charge in [0.1, 0.15) is 6.10 Å². The molecule has 1 aliphatic rings. The first-order chi connectivity index (χ1) is 9.75. The summed E-state index contributed by atoms with van der Waals surface area (Å²) in [4.78, 5) is 12.0. The maximum absolute atomic E-state index is 12.0. The van der Waals surface area contributed by atoms with Crippen molar-refractivity contribution in [2.45, 2.75) is 103 Å². The lowest BCUT2D eigenvalue weighted by molar-refractivity contribution is -0.130. The van der Waals surface area contributed by atoms with Gasteiger partial charge in [0.25, 0.3) is 0 Å². The van der Waals surface area contributed by atoms with Gasteiger partial charge in [0.2, 0.25) is 0 Å². The second kappa shape index (κ2) is 11.3. The van der Waals surface area contributed by atoms with Gasteiger partial charge in [-0.05, 0) is 25.2 Å². The summed E-state index contributed by atoms with van der Waals surface area (Å²) >= 11 is 0. The minimum absolute atomic E-state index is 0.0999. The van der Waals surface area contributed by atoms with Crippen molar-refractivity contribution >= 4 is 5.78 Å². The van der Waals surface area contributed by atoms with Crippen molar-refractivity contribution in [2.24, 2.45) is 5.92 Å². The largest absolute Gasteiger partial charge is 0.385 e. The van der Waals surface area contributed by atoms with Gasteiger partial charge in [-0.2, -0.15) is 0 Å². The predicted octanol–water partition coefficient (Wildman–Crippen LogP) is 5.03.